The van der Waals surface area contributed by atoms with Crippen molar-refractivity contribution in [3.63, 3.8) is 0 Å². The fraction of sp³-hybridized carbons (Fsp3) is 0.250. The summed E-state index contributed by atoms with van der Waals surface area (Å²) in [7, 11) is 0. The van der Waals surface area contributed by atoms with Crippen LogP contribution in [-0.2, 0) is 9.08 Å². The molecule has 0 aliphatic rings. The molecule has 0 saturated carbocycles. The van der Waals surface area contributed by atoms with E-state index in [0.29, 0.717) is 0 Å². The van der Waals surface area contributed by atoms with Gasteiger partial charge in [0.2, 0.25) is 0 Å². The minimum atomic E-state index is -0.623. The average Bonchev–Trinajstić information content (AvgIpc) is 1.84. The van der Waals surface area contributed by atoms with Gasteiger partial charge in [-0.1, -0.05) is 11.6 Å². The standard InChI is InChI=1S/C4H4Cl2O2.Na.H/c1-3(2-5)4(7)8-6;;/h2H,1H3;;/q;+1;-1. The fourth-order valence-corrected chi connectivity index (χ4v) is 0.316. The Morgan fingerprint density at radius 2 is 2.22 bits per heavy atom. The number of halogens is 2. The van der Waals surface area contributed by atoms with Crippen molar-refractivity contribution in [2.75, 3.05) is 0 Å². The van der Waals surface area contributed by atoms with Crippen LogP contribution < -0.4 is 29.6 Å². The summed E-state index contributed by atoms with van der Waals surface area (Å²) in [6, 6.07) is 0. The number of hydrogen-bond donors (Lipinski definition) is 0. The number of carbonyl (C=O) groups excluding carboxylic acids is 1. The van der Waals surface area contributed by atoms with Gasteiger partial charge in [-0.2, -0.15) is 0 Å². The predicted molar refractivity (Wildman–Crippen MR) is 32.7 cm³/mol. The molecule has 0 heterocycles. The Balaban J connectivity index is -0.000000245. The molecule has 9 heavy (non-hydrogen) atoms. The Morgan fingerprint density at radius 1 is 1.78 bits per heavy atom. The third-order valence-corrected chi connectivity index (χ3v) is 1.02. The summed E-state index contributed by atoms with van der Waals surface area (Å²) in [5, 5.41) is 0. The monoisotopic (exact) mass is 178 g/mol. The zero-order chi connectivity index (χ0) is 6.57. The van der Waals surface area contributed by atoms with Crippen molar-refractivity contribution in [2.45, 2.75) is 6.92 Å². The zero-order valence-electron chi connectivity index (χ0n) is 6.15. The van der Waals surface area contributed by atoms with Gasteiger partial charge >= 0.3 is 35.5 Å². The van der Waals surface area contributed by atoms with Gasteiger partial charge in [0.25, 0.3) is 0 Å². The molecular formula is C4H5Cl2NaO2. The molecule has 0 aromatic rings. The Morgan fingerprint density at radius 3 is 2.33 bits per heavy atom. The molecule has 0 N–H and O–H groups in total. The van der Waals surface area contributed by atoms with Crippen LogP contribution in [0, 0.1) is 0 Å². The van der Waals surface area contributed by atoms with Gasteiger partial charge < -0.3 is 5.72 Å². The minimum absolute atomic E-state index is 0. The summed E-state index contributed by atoms with van der Waals surface area (Å²) in [4.78, 5) is 10.2. The zero-order valence-corrected chi connectivity index (χ0v) is 8.66. The summed E-state index contributed by atoms with van der Waals surface area (Å²) < 4.78 is 3.78. The van der Waals surface area contributed by atoms with Crippen LogP contribution in [-0.4, -0.2) is 5.97 Å². The minimum Gasteiger partial charge on any atom is -1.00 e. The maximum absolute atomic E-state index is 10.2. The van der Waals surface area contributed by atoms with Gasteiger partial charge in [-0.25, -0.2) is 4.79 Å². The third kappa shape index (κ3) is 5.25. The second-order valence-corrected chi connectivity index (χ2v) is 1.53. The maximum atomic E-state index is 10.2. The van der Waals surface area contributed by atoms with Crippen molar-refractivity contribution in [2.24, 2.45) is 0 Å². The summed E-state index contributed by atoms with van der Waals surface area (Å²) in [5.41, 5.74) is 1.38. The van der Waals surface area contributed by atoms with Gasteiger partial charge in [-0.15, -0.1) is 0 Å². The van der Waals surface area contributed by atoms with Gasteiger partial charge in [-0.3, -0.25) is 0 Å². The largest absolute Gasteiger partial charge is 1.00 e. The van der Waals surface area contributed by atoms with E-state index in [1.807, 2.05) is 0 Å². The van der Waals surface area contributed by atoms with Crippen molar-refractivity contribution in [3.05, 3.63) is 11.1 Å². The topological polar surface area (TPSA) is 26.3 Å². The van der Waals surface area contributed by atoms with Crippen LogP contribution in [0.25, 0.3) is 0 Å². The molecule has 2 nitrogen and oxygen atoms in total. The number of carbonyl (C=O) groups is 1. The van der Waals surface area contributed by atoms with Crippen LogP contribution in [0.4, 0.5) is 0 Å². The molecule has 0 aliphatic carbocycles. The third-order valence-electron chi connectivity index (χ3n) is 0.556. The first-order valence-electron chi connectivity index (χ1n) is 1.82. The van der Waals surface area contributed by atoms with Gasteiger partial charge in [0, 0.05) is 11.1 Å². The first kappa shape index (κ1) is 12.5. The van der Waals surface area contributed by atoms with Gasteiger partial charge in [0.05, 0.1) is 0 Å². The van der Waals surface area contributed by atoms with E-state index < -0.39 is 5.97 Å². The Labute approximate surface area is 87.1 Å². The van der Waals surface area contributed by atoms with Crippen molar-refractivity contribution >= 4 is 29.4 Å². The van der Waals surface area contributed by atoms with E-state index in [0.717, 1.165) is 5.54 Å². The first-order valence-corrected chi connectivity index (χ1v) is 2.56. The molecule has 0 unspecified atom stereocenters. The Kier molecular flexibility index (Phi) is 9.56. The Hall–Kier alpha value is 0.790. The van der Waals surface area contributed by atoms with Crippen molar-refractivity contribution < 1.29 is 40.1 Å². The molecule has 0 rings (SSSR count). The molecule has 0 bridgehead atoms. The van der Waals surface area contributed by atoms with Gasteiger partial charge in [0.15, 0.2) is 0 Å². The summed E-state index contributed by atoms with van der Waals surface area (Å²) in [6.45, 7) is 1.50. The second-order valence-electron chi connectivity index (χ2n) is 1.16. The van der Waals surface area contributed by atoms with E-state index in [4.69, 9.17) is 11.6 Å². The van der Waals surface area contributed by atoms with Crippen LogP contribution in [0.2, 0.25) is 0 Å². The fourth-order valence-electron chi connectivity index (χ4n) is 0.105. The molecule has 0 fully saturated rings. The van der Waals surface area contributed by atoms with Gasteiger partial charge in [0.1, 0.15) is 11.9 Å². The molecule has 0 spiro atoms. The van der Waals surface area contributed by atoms with Gasteiger partial charge in [-0.05, 0) is 6.92 Å². The van der Waals surface area contributed by atoms with Crippen LogP contribution in [0.5, 0.6) is 0 Å². The maximum Gasteiger partial charge on any atom is 1.00 e. The SMILES string of the molecule is CC(=CCl)C(=O)OCl.[H-].[Na+]. The quantitative estimate of drug-likeness (QED) is 0.379. The molecule has 0 aliphatic heterocycles. The molecule has 0 amide bonds. The molecule has 48 valence electrons. The van der Waals surface area contributed by atoms with Crippen LogP contribution in [0.3, 0.4) is 0 Å². The summed E-state index contributed by atoms with van der Waals surface area (Å²) in [5.74, 6) is -0.623. The molecule has 0 atom stereocenters. The Bertz CT molecular complexity index is 128. The summed E-state index contributed by atoms with van der Waals surface area (Å²) in [6.07, 6.45) is 0. The van der Waals surface area contributed by atoms with Crippen molar-refractivity contribution in [3.8, 4) is 0 Å². The second kappa shape index (κ2) is 6.90. The van der Waals surface area contributed by atoms with Crippen molar-refractivity contribution in [1.82, 2.24) is 0 Å². The van der Waals surface area contributed by atoms with E-state index in [2.05, 4.69) is 16.2 Å². The normalized spacial score (nSPS) is 9.89. The van der Waals surface area contributed by atoms with E-state index in [1.54, 1.807) is 0 Å². The van der Waals surface area contributed by atoms with E-state index in [1.165, 1.54) is 6.92 Å². The molecule has 0 radical (unpaired) electrons. The van der Waals surface area contributed by atoms with Crippen LogP contribution >= 0.6 is 23.5 Å². The first-order chi connectivity index (χ1) is 3.72. The van der Waals surface area contributed by atoms with E-state index in [9.17, 15) is 4.79 Å². The molecular weight excluding hydrogens is 174 g/mol. The number of rotatable bonds is 1. The van der Waals surface area contributed by atoms with Crippen LogP contribution in [0.1, 0.15) is 8.35 Å². The molecule has 0 aromatic heterocycles. The molecule has 0 saturated heterocycles. The summed E-state index contributed by atoms with van der Waals surface area (Å²) >= 11 is 9.78. The average molecular weight is 179 g/mol. The van der Waals surface area contributed by atoms with E-state index in [-0.39, 0.29) is 36.6 Å². The van der Waals surface area contributed by atoms with E-state index >= 15 is 0 Å². The number of hydrogen-bond acceptors (Lipinski definition) is 2. The predicted octanol–water partition coefficient (Wildman–Crippen LogP) is -1.06. The smallest absolute Gasteiger partial charge is 1.00 e. The van der Waals surface area contributed by atoms with Crippen LogP contribution in [0.15, 0.2) is 11.1 Å². The molecule has 0 aromatic carbocycles. The molecule has 5 heteroatoms. The van der Waals surface area contributed by atoms with Crippen molar-refractivity contribution in [1.29, 1.82) is 0 Å².